The number of benzene rings is 11. The molecule has 11 aromatic carbocycles. The molecule has 310 valence electrons. The summed E-state index contributed by atoms with van der Waals surface area (Å²) in [5, 5.41) is 14.7. The van der Waals surface area contributed by atoms with Crippen molar-refractivity contribution in [1.82, 2.24) is 9.38 Å². The van der Waals surface area contributed by atoms with Gasteiger partial charge in [0, 0.05) is 31.8 Å². The summed E-state index contributed by atoms with van der Waals surface area (Å²) in [4.78, 5) is 5.48. The van der Waals surface area contributed by atoms with E-state index in [1.165, 1.54) is 85.5 Å². The summed E-state index contributed by atoms with van der Waals surface area (Å²) in [6.07, 6.45) is 0. The van der Waals surface area contributed by atoms with E-state index in [1.54, 1.807) is 0 Å². The standard InChI is InChI=1S/C63H36N2OS/c1-2-12-43-33-45-35-58-56(34-44(45)32-42(43)11-1)64-63-62-55(54-29-28-37-10-3-4-13-49(37)61(54)67-62)36-57(65(58)63)41-26-24-39(25-27-41)47-31-30-46(50-14-5-6-15-51(47)50)38-20-22-40(23-21-38)48-17-9-18-53-52-16-7-8-19-59(52)66-60(48)53/h1-36H. The highest BCUT2D eigenvalue weighted by atomic mass is 32.1. The molecule has 0 spiro atoms. The van der Waals surface area contributed by atoms with Crippen LogP contribution in [0.2, 0.25) is 0 Å². The molecule has 0 atom stereocenters. The molecule has 4 heteroatoms. The number of imidazole rings is 1. The van der Waals surface area contributed by atoms with Gasteiger partial charge in [-0.1, -0.05) is 182 Å². The predicted octanol–water partition coefficient (Wildman–Crippen LogP) is 18.0. The number of hydrogen-bond donors (Lipinski definition) is 0. The number of nitrogens with zero attached hydrogens (tertiary/aromatic N) is 2. The lowest BCUT2D eigenvalue weighted by Gasteiger charge is -2.14. The Morgan fingerprint density at radius 3 is 1.66 bits per heavy atom. The van der Waals surface area contributed by atoms with Crippen LogP contribution in [0, 0.1) is 0 Å². The van der Waals surface area contributed by atoms with Crippen LogP contribution in [-0.4, -0.2) is 9.38 Å². The van der Waals surface area contributed by atoms with E-state index >= 15 is 0 Å². The first-order chi connectivity index (χ1) is 33.2. The van der Waals surface area contributed by atoms with Crippen molar-refractivity contribution < 1.29 is 4.42 Å². The molecule has 0 fully saturated rings. The molecule has 0 aliphatic rings. The van der Waals surface area contributed by atoms with Crippen LogP contribution in [0.4, 0.5) is 0 Å². The Labute approximate surface area is 388 Å². The zero-order valence-corrected chi connectivity index (χ0v) is 36.8. The Bertz CT molecular complexity index is 4550. The number of aromatic nitrogens is 2. The molecule has 0 saturated heterocycles. The van der Waals surface area contributed by atoms with Gasteiger partial charge in [0.25, 0.3) is 0 Å². The second-order valence-corrected chi connectivity index (χ2v) is 18.9. The highest BCUT2D eigenvalue weighted by molar-refractivity contribution is 7.27. The number of rotatable bonds is 4. The van der Waals surface area contributed by atoms with Crippen LogP contribution in [0.5, 0.6) is 0 Å². The molecule has 15 aromatic rings. The number of thiophene rings is 1. The van der Waals surface area contributed by atoms with Crippen LogP contribution >= 0.6 is 11.3 Å². The largest absolute Gasteiger partial charge is 0.455 e. The molecule has 0 aliphatic carbocycles. The van der Waals surface area contributed by atoms with E-state index in [0.717, 1.165) is 61.0 Å². The fourth-order valence-electron chi connectivity index (χ4n) is 10.9. The Morgan fingerprint density at radius 1 is 0.358 bits per heavy atom. The average molecular weight is 869 g/mol. The summed E-state index contributed by atoms with van der Waals surface area (Å²) < 4.78 is 11.3. The lowest BCUT2D eigenvalue weighted by molar-refractivity contribution is 0.670. The van der Waals surface area contributed by atoms with Crippen LogP contribution in [0.3, 0.4) is 0 Å². The zero-order valence-electron chi connectivity index (χ0n) is 36.0. The van der Waals surface area contributed by atoms with Crippen molar-refractivity contribution in [2.24, 2.45) is 0 Å². The van der Waals surface area contributed by atoms with E-state index in [9.17, 15) is 0 Å². The maximum absolute atomic E-state index is 6.39. The summed E-state index contributed by atoms with van der Waals surface area (Å²) in [5.74, 6) is 0. The van der Waals surface area contributed by atoms with E-state index < -0.39 is 0 Å². The van der Waals surface area contributed by atoms with Gasteiger partial charge in [-0.05, 0) is 113 Å². The third-order valence-electron chi connectivity index (χ3n) is 14.1. The van der Waals surface area contributed by atoms with E-state index in [2.05, 4.69) is 211 Å². The van der Waals surface area contributed by atoms with Crippen molar-refractivity contribution in [3.8, 4) is 44.6 Å². The number of pyridine rings is 1. The van der Waals surface area contributed by atoms with Crippen molar-refractivity contribution in [2.45, 2.75) is 0 Å². The predicted molar refractivity (Wildman–Crippen MR) is 285 cm³/mol. The molecule has 0 radical (unpaired) electrons. The van der Waals surface area contributed by atoms with Crippen molar-refractivity contribution in [3.63, 3.8) is 0 Å². The minimum atomic E-state index is 0.914. The van der Waals surface area contributed by atoms with Gasteiger partial charge in [-0.15, -0.1) is 11.3 Å². The van der Waals surface area contributed by atoms with Gasteiger partial charge in [-0.25, -0.2) is 4.98 Å². The van der Waals surface area contributed by atoms with Crippen LogP contribution in [0.15, 0.2) is 223 Å². The quantitative estimate of drug-likeness (QED) is 0.165. The van der Waals surface area contributed by atoms with Gasteiger partial charge in [0.15, 0.2) is 5.65 Å². The third kappa shape index (κ3) is 5.48. The maximum atomic E-state index is 6.39. The molecule has 0 amide bonds. The minimum absolute atomic E-state index is 0.914. The van der Waals surface area contributed by atoms with Crippen LogP contribution < -0.4 is 0 Å². The molecule has 0 unspecified atom stereocenters. The molecule has 4 aromatic heterocycles. The van der Waals surface area contributed by atoms with Gasteiger partial charge in [0.1, 0.15) is 11.2 Å². The Kier molecular flexibility index (Phi) is 7.66. The SMILES string of the molecule is c1ccc2cc3cc4c(cc3cc2c1)nc1c2sc3c5ccccc5ccc3c2cc(-c2ccc(-c3ccc(-c5ccc(-c6cccc7c6oc6ccccc67)cc5)c5ccccc35)cc2)n41. The van der Waals surface area contributed by atoms with Crippen molar-refractivity contribution in [1.29, 1.82) is 0 Å². The number of hydrogen-bond acceptors (Lipinski definition) is 3. The van der Waals surface area contributed by atoms with Gasteiger partial charge >= 0.3 is 0 Å². The lowest BCUT2D eigenvalue weighted by Crippen LogP contribution is -1.93. The number of fused-ring (bicyclic) bond motifs is 15. The fourth-order valence-corrected chi connectivity index (χ4v) is 12.2. The molecule has 0 saturated carbocycles. The minimum Gasteiger partial charge on any atom is -0.455 e. The van der Waals surface area contributed by atoms with Crippen LogP contribution in [-0.2, 0) is 0 Å². The van der Waals surface area contributed by atoms with Crippen LogP contribution in [0.1, 0.15) is 0 Å². The zero-order chi connectivity index (χ0) is 43.7. The van der Waals surface area contributed by atoms with E-state index in [0.29, 0.717) is 0 Å². The summed E-state index contributed by atoms with van der Waals surface area (Å²) in [5.41, 5.74) is 14.2. The van der Waals surface area contributed by atoms with Crippen molar-refractivity contribution in [2.75, 3.05) is 0 Å². The molecule has 3 nitrogen and oxygen atoms in total. The molecular formula is C63H36N2OS. The normalized spacial score (nSPS) is 12.2. The Morgan fingerprint density at radius 2 is 0.940 bits per heavy atom. The van der Waals surface area contributed by atoms with E-state index in [-0.39, 0.29) is 0 Å². The second kappa shape index (κ2) is 14.0. The smallest absolute Gasteiger partial charge is 0.156 e. The van der Waals surface area contributed by atoms with E-state index in [1.807, 2.05) is 23.5 Å². The molecule has 67 heavy (non-hydrogen) atoms. The first kappa shape index (κ1) is 36.7. The number of para-hydroxylation sites is 2. The molecule has 0 aliphatic heterocycles. The molecule has 4 heterocycles. The maximum Gasteiger partial charge on any atom is 0.156 e. The number of furan rings is 1. The lowest BCUT2D eigenvalue weighted by atomic mass is 9.91. The van der Waals surface area contributed by atoms with Crippen molar-refractivity contribution in [3.05, 3.63) is 218 Å². The molecule has 15 rings (SSSR count). The molecular weight excluding hydrogens is 833 g/mol. The highest BCUT2D eigenvalue weighted by Gasteiger charge is 2.20. The topological polar surface area (TPSA) is 30.4 Å². The first-order valence-electron chi connectivity index (χ1n) is 22.8. The molecule has 0 N–H and O–H groups in total. The first-order valence-corrected chi connectivity index (χ1v) is 23.7. The van der Waals surface area contributed by atoms with E-state index in [4.69, 9.17) is 9.40 Å². The van der Waals surface area contributed by atoms with Crippen LogP contribution in [0.25, 0.3) is 147 Å². The van der Waals surface area contributed by atoms with Gasteiger partial charge in [0.05, 0.1) is 21.4 Å². The Hall–Kier alpha value is -8.57. The van der Waals surface area contributed by atoms with Gasteiger partial charge < -0.3 is 4.42 Å². The van der Waals surface area contributed by atoms with Gasteiger partial charge in [0.2, 0.25) is 0 Å². The summed E-state index contributed by atoms with van der Waals surface area (Å²) in [6.45, 7) is 0. The highest BCUT2D eigenvalue weighted by Crippen LogP contribution is 2.45. The second-order valence-electron chi connectivity index (χ2n) is 17.8. The average Bonchev–Trinajstić information content (AvgIpc) is 4.09. The molecule has 0 bridgehead atoms. The summed E-state index contributed by atoms with van der Waals surface area (Å²) in [7, 11) is 0. The monoisotopic (exact) mass is 868 g/mol. The van der Waals surface area contributed by atoms with Gasteiger partial charge in [-0.2, -0.15) is 0 Å². The Balaban J connectivity index is 0.861. The third-order valence-corrected chi connectivity index (χ3v) is 15.4. The van der Waals surface area contributed by atoms with Gasteiger partial charge in [-0.3, -0.25) is 4.40 Å². The fraction of sp³-hybridized carbons (Fsp3) is 0. The summed E-state index contributed by atoms with van der Waals surface area (Å²) in [6, 6.07) is 79.7. The van der Waals surface area contributed by atoms with Crippen molar-refractivity contribution >= 4 is 113 Å². The summed E-state index contributed by atoms with van der Waals surface area (Å²) >= 11 is 1.86.